The molecule has 0 heterocycles. The first-order chi connectivity index (χ1) is 9.82. The Balaban J connectivity index is 1.99. The number of benzene rings is 1. The van der Waals surface area contributed by atoms with Crippen LogP contribution in [0.1, 0.15) is 59.4 Å². The van der Waals surface area contributed by atoms with E-state index in [1.54, 1.807) is 0 Å². The molecule has 1 fully saturated rings. The topological polar surface area (TPSA) is 21.3 Å². The molecule has 0 spiro atoms. The first-order valence-electron chi connectivity index (χ1n) is 8.29. The van der Waals surface area contributed by atoms with Gasteiger partial charge in [-0.15, -0.1) is 0 Å². The number of para-hydroxylation sites is 1. The molecule has 0 radical (unpaired) electrons. The minimum absolute atomic E-state index is 0.193. The molecule has 118 valence electrons. The highest BCUT2D eigenvalue weighted by Crippen LogP contribution is 2.45. The zero-order valence-corrected chi connectivity index (χ0v) is 14.4. The summed E-state index contributed by atoms with van der Waals surface area (Å²) in [6.07, 6.45) is 1.48. The monoisotopic (exact) mass is 289 g/mol. The molecule has 0 aromatic heterocycles. The number of nitrogens with one attached hydrogen (secondary N) is 1. The van der Waals surface area contributed by atoms with Crippen LogP contribution in [0.25, 0.3) is 0 Å². The summed E-state index contributed by atoms with van der Waals surface area (Å²) in [5, 5.41) is 3.76. The van der Waals surface area contributed by atoms with E-state index < -0.39 is 0 Å². The molecule has 2 unspecified atom stereocenters. The molecule has 2 heteroatoms. The van der Waals surface area contributed by atoms with Crippen molar-refractivity contribution in [1.82, 2.24) is 0 Å². The van der Waals surface area contributed by atoms with Crippen molar-refractivity contribution >= 4 is 5.69 Å². The van der Waals surface area contributed by atoms with E-state index in [9.17, 15) is 0 Å². The first-order valence-corrected chi connectivity index (χ1v) is 8.29. The van der Waals surface area contributed by atoms with Gasteiger partial charge in [0.15, 0.2) is 0 Å². The van der Waals surface area contributed by atoms with Crippen molar-refractivity contribution < 1.29 is 4.74 Å². The maximum atomic E-state index is 6.06. The van der Waals surface area contributed by atoms with Crippen LogP contribution in [0.5, 0.6) is 0 Å². The standard InChI is InChI=1S/C19H31NO/c1-13(2)12-21-18-11-17(19(18,5)6)20-16-10-8-7-9-15(16)14(3)4/h7-10,13-14,17-18,20H,11-12H2,1-6H3. The Kier molecular flexibility index (Phi) is 4.98. The number of hydrogen-bond donors (Lipinski definition) is 1. The predicted molar refractivity (Wildman–Crippen MR) is 90.9 cm³/mol. The van der Waals surface area contributed by atoms with Crippen molar-refractivity contribution in [1.29, 1.82) is 0 Å². The SMILES string of the molecule is CC(C)COC1CC(Nc2ccccc2C(C)C)C1(C)C. The third-order valence-corrected chi connectivity index (χ3v) is 4.72. The van der Waals surface area contributed by atoms with Crippen molar-refractivity contribution in [2.45, 2.75) is 66.0 Å². The van der Waals surface area contributed by atoms with Gasteiger partial charge in [0, 0.05) is 23.8 Å². The van der Waals surface area contributed by atoms with Crippen LogP contribution >= 0.6 is 0 Å². The fourth-order valence-corrected chi connectivity index (χ4v) is 3.04. The maximum Gasteiger partial charge on any atom is 0.0665 e. The summed E-state index contributed by atoms with van der Waals surface area (Å²) in [4.78, 5) is 0. The molecule has 2 rings (SSSR count). The molecule has 0 saturated heterocycles. The smallest absolute Gasteiger partial charge is 0.0665 e. The Morgan fingerprint density at radius 1 is 1.19 bits per heavy atom. The van der Waals surface area contributed by atoms with Gasteiger partial charge in [-0.1, -0.05) is 59.7 Å². The molecule has 2 atom stereocenters. The fraction of sp³-hybridized carbons (Fsp3) is 0.684. The van der Waals surface area contributed by atoms with Gasteiger partial charge >= 0.3 is 0 Å². The molecule has 1 N–H and O–H groups in total. The van der Waals surface area contributed by atoms with E-state index in [2.05, 4.69) is 71.1 Å². The Hall–Kier alpha value is -1.02. The fourth-order valence-electron chi connectivity index (χ4n) is 3.04. The van der Waals surface area contributed by atoms with Gasteiger partial charge in [-0.25, -0.2) is 0 Å². The molecule has 1 aromatic carbocycles. The molecular formula is C19H31NO. The predicted octanol–water partition coefficient (Wildman–Crippen LogP) is 5.06. The highest BCUT2D eigenvalue weighted by Gasteiger charge is 2.49. The van der Waals surface area contributed by atoms with Crippen LogP contribution in [0.2, 0.25) is 0 Å². The Morgan fingerprint density at radius 3 is 2.43 bits per heavy atom. The van der Waals surface area contributed by atoms with Crippen LogP contribution in [-0.4, -0.2) is 18.8 Å². The van der Waals surface area contributed by atoms with E-state index in [4.69, 9.17) is 4.74 Å². The van der Waals surface area contributed by atoms with E-state index >= 15 is 0 Å². The summed E-state index contributed by atoms with van der Waals surface area (Å²) in [5.41, 5.74) is 2.88. The van der Waals surface area contributed by atoms with Crippen LogP contribution in [0.15, 0.2) is 24.3 Å². The molecule has 1 saturated carbocycles. The van der Waals surface area contributed by atoms with Gasteiger partial charge < -0.3 is 10.1 Å². The van der Waals surface area contributed by atoms with Gasteiger partial charge in [0.1, 0.15) is 0 Å². The molecular weight excluding hydrogens is 258 g/mol. The average Bonchev–Trinajstić information content (AvgIpc) is 2.41. The lowest BCUT2D eigenvalue weighted by atomic mass is 9.64. The zero-order chi connectivity index (χ0) is 15.6. The summed E-state index contributed by atoms with van der Waals surface area (Å²) in [5.74, 6) is 1.15. The van der Waals surface area contributed by atoms with Gasteiger partial charge in [-0.05, 0) is 29.9 Å². The molecule has 0 amide bonds. The van der Waals surface area contributed by atoms with Crippen molar-refractivity contribution in [3.05, 3.63) is 29.8 Å². The first kappa shape index (κ1) is 16.4. The van der Waals surface area contributed by atoms with Gasteiger partial charge in [-0.2, -0.15) is 0 Å². The Morgan fingerprint density at radius 2 is 1.86 bits per heavy atom. The van der Waals surface area contributed by atoms with Crippen molar-refractivity contribution in [2.75, 3.05) is 11.9 Å². The second-order valence-corrected chi connectivity index (χ2v) is 7.71. The third kappa shape index (κ3) is 3.60. The minimum atomic E-state index is 0.193. The molecule has 1 aliphatic carbocycles. The van der Waals surface area contributed by atoms with Crippen molar-refractivity contribution in [2.24, 2.45) is 11.3 Å². The average molecular weight is 289 g/mol. The largest absolute Gasteiger partial charge is 0.381 e. The van der Waals surface area contributed by atoms with E-state index in [0.29, 0.717) is 24.0 Å². The van der Waals surface area contributed by atoms with E-state index in [0.717, 1.165) is 13.0 Å². The minimum Gasteiger partial charge on any atom is -0.381 e. The van der Waals surface area contributed by atoms with Gasteiger partial charge in [-0.3, -0.25) is 0 Å². The lowest BCUT2D eigenvalue weighted by Crippen LogP contribution is -2.58. The van der Waals surface area contributed by atoms with Crippen molar-refractivity contribution in [3.8, 4) is 0 Å². The summed E-state index contributed by atoms with van der Waals surface area (Å²) in [7, 11) is 0. The number of rotatable bonds is 6. The number of anilines is 1. The third-order valence-electron chi connectivity index (χ3n) is 4.72. The van der Waals surface area contributed by atoms with Gasteiger partial charge in [0.05, 0.1) is 6.10 Å². The number of ether oxygens (including phenoxy) is 1. The van der Waals surface area contributed by atoms with Crippen LogP contribution < -0.4 is 5.32 Å². The summed E-state index contributed by atoms with van der Waals surface area (Å²) in [6, 6.07) is 9.17. The lowest BCUT2D eigenvalue weighted by molar-refractivity contribution is -0.108. The quantitative estimate of drug-likeness (QED) is 0.790. The maximum absolute atomic E-state index is 6.06. The zero-order valence-electron chi connectivity index (χ0n) is 14.4. The highest BCUT2D eigenvalue weighted by molar-refractivity contribution is 5.54. The molecule has 1 aromatic rings. The second kappa shape index (κ2) is 6.39. The Bertz CT molecular complexity index is 464. The number of hydrogen-bond acceptors (Lipinski definition) is 2. The van der Waals surface area contributed by atoms with E-state index in [-0.39, 0.29) is 5.41 Å². The van der Waals surface area contributed by atoms with Gasteiger partial charge in [0.25, 0.3) is 0 Å². The normalized spacial score (nSPS) is 24.2. The van der Waals surface area contributed by atoms with Crippen LogP contribution in [0.3, 0.4) is 0 Å². The van der Waals surface area contributed by atoms with Gasteiger partial charge in [0.2, 0.25) is 0 Å². The lowest BCUT2D eigenvalue weighted by Gasteiger charge is -2.52. The van der Waals surface area contributed by atoms with Crippen molar-refractivity contribution in [3.63, 3.8) is 0 Å². The molecule has 0 aliphatic heterocycles. The summed E-state index contributed by atoms with van der Waals surface area (Å²) < 4.78 is 6.06. The second-order valence-electron chi connectivity index (χ2n) is 7.71. The summed E-state index contributed by atoms with van der Waals surface area (Å²) >= 11 is 0. The molecule has 1 aliphatic rings. The molecule has 21 heavy (non-hydrogen) atoms. The van der Waals surface area contributed by atoms with Crippen LogP contribution in [0, 0.1) is 11.3 Å². The van der Waals surface area contributed by atoms with Crippen LogP contribution in [-0.2, 0) is 4.74 Å². The Labute approximate surface area is 130 Å². The molecule has 2 nitrogen and oxygen atoms in total. The summed E-state index contributed by atoms with van der Waals surface area (Å²) in [6.45, 7) is 14.4. The van der Waals surface area contributed by atoms with Crippen LogP contribution in [0.4, 0.5) is 5.69 Å². The van der Waals surface area contributed by atoms with E-state index in [1.165, 1.54) is 11.3 Å². The van der Waals surface area contributed by atoms with E-state index in [1.807, 2.05) is 0 Å². The highest BCUT2D eigenvalue weighted by atomic mass is 16.5. The molecule has 0 bridgehead atoms.